The molecule has 5 heteroatoms. The summed E-state index contributed by atoms with van der Waals surface area (Å²) in [6.07, 6.45) is 1.94. The number of hydrogen-bond donors (Lipinski definition) is 0. The topological polar surface area (TPSA) is 46.6 Å². The van der Waals surface area contributed by atoms with Gasteiger partial charge in [0, 0.05) is 12.6 Å². The van der Waals surface area contributed by atoms with Gasteiger partial charge in [0.15, 0.2) is 0 Å². The second kappa shape index (κ2) is 3.22. The van der Waals surface area contributed by atoms with Crippen molar-refractivity contribution in [1.29, 1.82) is 0 Å². The molecule has 0 amide bonds. The van der Waals surface area contributed by atoms with Gasteiger partial charge in [0.05, 0.1) is 13.2 Å². The molecular weight excluding hydrogens is 190 g/mol. The average molecular weight is 205 g/mol. The van der Waals surface area contributed by atoms with Crippen molar-refractivity contribution < 1.29 is 13.2 Å². The van der Waals surface area contributed by atoms with Crippen molar-refractivity contribution in [2.75, 3.05) is 19.8 Å². The third-order valence-electron chi connectivity index (χ3n) is 2.92. The Labute approximate surface area is 78.9 Å². The Morgan fingerprint density at radius 1 is 1.46 bits per heavy atom. The molecule has 0 N–H and O–H groups in total. The summed E-state index contributed by atoms with van der Waals surface area (Å²) in [5, 5.41) is -0.262. The van der Waals surface area contributed by atoms with Crippen LogP contribution >= 0.6 is 0 Å². The van der Waals surface area contributed by atoms with Gasteiger partial charge in [-0.3, -0.25) is 0 Å². The number of rotatable bonds is 3. The largest absolute Gasteiger partial charge is 0.378 e. The Hall–Kier alpha value is -0.130. The molecule has 2 aliphatic heterocycles. The Balaban J connectivity index is 2.06. The zero-order valence-electron chi connectivity index (χ0n) is 7.77. The lowest BCUT2D eigenvalue weighted by atomic mass is 10.1. The smallest absolute Gasteiger partial charge is 0.221 e. The van der Waals surface area contributed by atoms with Gasteiger partial charge in [-0.1, -0.05) is 6.92 Å². The van der Waals surface area contributed by atoms with Gasteiger partial charge in [0.2, 0.25) is 10.0 Å². The number of nitrogens with zero attached hydrogens (tertiary/aromatic N) is 1. The highest BCUT2D eigenvalue weighted by molar-refractivity contribution is 7.89. The van der Waals surface area contributed by atoms with Crippen molar-refractivity contribution in [3.63, 3.8) is 0 Å². The van der Waals surface area contributed by atoms with Gasteiger partial charge in [-0.05, 0) is 12.8 Å². The molecule has 0 spiro atoms. The number of ether oxygens (including phenoxy) is 1. The molecule has 2 heterocycles. The molecule has 1 atom stereocenters. The van der Waals surface area contributed by atoms with Crippen molar-refractivity contribution >= 4 is 10.0 Å². The van der Waals surface area contributed by atoms with E-state index in [1.807, 2.05) is 6.92 Å². The monoisotopic (exact) mass is 205 g/mol. The van der Waals surface area contributed by atoms with Gasteiger partial charge in [-0.15, -0.1) is 0 Å². The molecule has 4 nitrogen and oxygen atoms in total. The molecule has 0 radical (unpaired) electrons. The minimum absolute atomic E-state index is 0.255. The third-order valence-corrected chi connectivity index (χ3v) is 5.17. The SMILES string of the molecule is CCC1CCN1S(=O)(=O)C1COC1. The lowest BCUT2D eigenvalue weighted by Crippen LogP contribution is -2.57. The van der Waals surface area contributed by atoms with Crippen molar-refractivity contribution in [2.24, 2.45) is 0 Å². The molecule has 0 aromatic rings. The highest BCUT2D eigenvalue weighted by Gasteiger charge is 2.43. The lowest BCUT2D eigenvalue weighted by Gasteiger charge is -2.42. The summed E-state index contributed by atoms with van der Waals surface area (Å²) in [5.74, 6) is 0. The van der Waals surface area contributed by atoms with Crippen LogP contribution < -0.4 is 0 Å². The molecule has 2 rings (SSSR count). The molecule has 0 bridgehead atoms. The third kappa shape index (κ3) is 1.39. The standard InChI is InChI=1S/C8H15NO3S/c1-2-7-3-4-9(7)13(10,11)8-5-12-6-8/h7-8H,2-6H2,1H3. The maximum atomic E-state index is 11.8. The minimum Gasteiger partial charge on any atom is -0.378 e. The summed E-state index contributed by atoms with van der Waals surface area (Å²) in [5.41, 5.74) is 0. The van der Waals surface area contributed by atoms with E-state index in [2.05, 4.69) is 0 Å². The van der Waals surface area contributed by atoms with Crippen LogP contribution in [0, 0.1) is 0 Å². The van der Waals surface area contributed by atoms with E-state index >= 15 is 0 Å². The summed E-state index contributed by atoms with van der Waals surface area (Å²) < 4.78 is 30.2. The number of sulfonamides is 1. The quantitative estimate of drug-likeness (QED) is 0.661. The van der Waals surface area contributed by atoms with Crippen LogP contribution in [0.5, 0.6) is 0 Å². The maximum absolute atomic E-state index is 11.8. The first-order chi connectivity index (χ1) is 6.16. The second-order valence-corrected chi connectivity index (χ2v) is 5.83. The van der Waals surface area contributed by atoms with E-state index in [-0.39, 0.29) is 11.3 Å². The Kier molecular flexibility index (Phi) is 2.33. The van der Waals surface area contributed by atoms with E-state index < -0.39 is 10.0 Å². The van der Waals surface area contributed by atoms with Gasteiger partial charge in [-0.2, -0.15) is 4.31 Å². The summed E-state index contributed by atoms with van der Waals surface area (Å²) >= 11 is 0. The lowest BCUT2D eigenvalue weighted by molar-refractivity contribution is 0.0361. The first-order valence-electron chi connectivity index (χ1n) is 4.74. The summed E-state index contributed by atoms with van der Waals surface area (Å²) in [4.78, 5) is 0. The normalized spacial score (nSPS) is 31.0. The van der Waals surface area contributed by atoms with E-state index in [1.54, 1.807) is 4.31 Å². The minimum atomic E-state index is -3.02. The fourth-order valence-corrected chi connectivity index (χ4v) is 3.69. The van der Waals surface area contributed by atoms with Crippen molar-refractivity contribution in [3.8, 4) is 0 Å². The molecular formula is C8H15NO3S. The molecule has 76 valence electrons. The molecule has 0 saturated carbocycles. The number of hydrogen-bond acceptors (Lipinski definition) is 3. The van der Waals surface area contributed by atoms with Crippen molar-refractivity contribution in [3.05, 3.63) is 0 Å². The first kappa shape index (κ1) is 9.43. The molecule has 2 fully saturated rings. The fraction of sp³-hybridized carbons (Fsp3) is 1.00. The molecule has 13 heavy (non-hydrogen) atoms. The van der Waals surface area contributed by atoms with Crippen molar-refractivity contribution in [2.45, 2.75) is 31.1 Å². The molecule has 2 aliphatic rings. The Morgan fingerprint density at radius 3 is 2.46 bits per heavy atom. The predicted octanol–water partition coefficient (Wildman–Crippen LogP) is 0.199. The highest BCUT2D eigenvalue weighted by atomic mass is 32.2. The second-order valence-electron chi connectivity index (χ2n) is 3.67. The molecule has 1 unspecified atom stereocenters. The van der Waals surface area contributed by atoms with Crippen LogP contribution in [0.2, 0.25) is 0 Å². The van der Waals surface area contributed by atoms with E-state index in [0.717, 1.165) is 12.8 Å². The van der Waals surface area contributed by atoms with Gasteiger partial charge in [-0.25, -0.2) is 8.42 Å². The van der Waals surface area contributed by atoms with Gasteiger partial charge < -0.3 is 4.74 Å². The van der Waals surface area contributed by atoms with E-state index in [4.69, 9.17) is 4.74 Å². The van der Waals surface area contributed by atoms with E-state index in [0.29, 0.717) is 19.8 Å². The first-order valence-corrected chi connectivity index (χ1v) is 6.25. The van der Waals surface area contributed by atoms with Crippen LogP contribution in [0.15, 0.2) is 0 Å². The predicted molar refractivity (Wildman–Crippen MR) is 48.9 cm³/mol. The molecule has 2 saturated heterocycles. The Morgan fingerprint density at radius 2 is 2.15 bits per heavy atom. The van der Waals surface area contributed by atoms with Crippen LogP contribution in [0.3, 0.4) is 0 Å². The highest BCUT2D eigenvalue weighted by Crippen LogP contribution is 2.28. The molecule has 0 aliphatic carbocycles. The van der Waals surface area contributed by atoms with Crippen LogP contribution in [0.25, 0.3) is 0 Å². The van der Waals surface area contributed by atoms with Crippen LogP contribution in [0.1, 0.15) is 19.8 Å². The van der Waals surface area contributed by atoms with E-state index in [9.17, 15) is 8.42 Å². The van der Waals surface area contributed by atoms with Crippen LogP contribution in [0.4, 0.5) is 0 Å². The van der Waals surface area contributed by atoms with Crippen LogP contribution in [-0.2, 0) is 14.8 Å². The summed E-state index contributed by atoms with van der Waals surface area (Å²) in [7, 11) is -3.02. The zero-order chi connectivity index (χ0) is 9.47. The van der Waals surface area contributed by atoms with Gasteiger partial charge in [0.25, 0.3) is 0 Å². The van der Waals surface area contributed by atoms with Crippen LogP contribution in [-0.4, -0.2) is 43.8 Å². The Bertz CT molecular complexity index is 282. The average Bonchev–Trinajstić information content (AvgIpc) is 1.77. The summed E-state index contributed by atoms with van der Waals surface area (Å²) in [6.45, 7) is 3.51. The fourth-order valence-electron chi connectivity index (χ4n) is 1.74. The molecule has 0 aromatic carbocycles. The summed E-state index contributed by atoms with van der Waals surface area (Å²) in [6, 6.07) is 0.255. The molecule has 0 aromatic heterocycles. The maximum Gasteiger partial charge on any atom is 0.221 e. The zero-order valence-corrected chi connectivity index (χ0v) is 8.59. The van der Waals surface area contributed by atoms with Gasteiger partial charge >= 0.3 is 0 Å². The van der Waals surface area contributed by atoms with Crippen molar-refractivity contribution in [1.82, 2.24) is 4.31 Å². The van der Waals surface area contributed by atoms with Gasteiger partial charge in [0.1, 0.15) is 5.25 Å². The van der Waals surface area contributed by atoms with E-state index in [1.165, 1.54) is 0 Å².